The highest BCUT2D eigenvalue weighted by atomic mass is 35.5. The van der Waals surface area contributed by atoms with E-state index >= 15 is 0 Å². The fraction of sp³-hybridized carbons (Fsp3) is 0.357. The zero-order valence-corrected chi connectivity index (χ0v) is 22.3. The molecule has 6 rings (SSSR count). The van der Waals surface area contributed by atoms with Crippen molar-refractivity contribution in [1.82, 2.24) is 14.9 Å². The summed E-state index contributed by atoms with van der Waals surface area (Å²) in [5.74, 6) is 2.76. The highest BCUT2D eigenvalue weighted by Gasteiger charge is 2.43. The second-order valence-electron chi connectivity index (χ2n) is 9.96. The van der Waals surface area contributed by atoms with Crippen molar-refractivity contribution in [2.24, 2.45) is 0 Å². The molecule has 2 atom stereocenters. The Kier molecular flexibility index (Phi) is 6.27. The Morgan fingerprint density at radius 1 is 1.03 bits per heavy atom. The van der Waals surface area contributed by atoms with E-state index in [1.807, 2.05) is 24.4 Å². The predicted octanol–water partition coefficient (Wildman–Crippen LogP) is 8.81. The van der Waals surface area contributed by atoms with Crippen LogP contribution in [0.25, 0.3) is 11.3 Å². The van der Waals surface area contributed by atoms with Crippen molar-refractivity contribution in [3.8, 4) is 17.0 Å². The van der Waals surface area contributed by atoms with Crippen molar-refractivity contribution in [2.75, 3.05) is 0 Å². The van der Waals surface area contributed by atoms with Crippen LogP contribution in [-0.2, 0) is 6.61 Å². The Hall–Kier alpha value is -2.47. The Labute approximate surface area is 225 Å². The van der Waals surface area contributed by atoms with E-state index < -0.39 is 0 Å². The van der Waals surface area contributed by atoms with Crippen LogP contribution in [0, 0.1) is 0 Å². The third-order valence-corrected chi connectivity index (χ3v) is 8.04. The second-order valence-corrected chi connectivity index (χ2v) is 11.2. The van der Waals surface area contributed by atoms with Crippen LogP contribution in [0.4, 0.5) is 0 Å². The monoisotopic (exact) mass is 541 g/mol. The smallest absolute Gasteiger partial charge is 0.147 e. The Morgan fingerprint density at radius 2 is 1.81 bits per heavy atom. The van der Waals surface area contributed by atoms with E-state index in [1.165, 1.54) is 5.69 Å². The lowest BCUT2D eigenvalue weighted by molar-refractivity contribution is 0.300. The first-order chi connectivity index (χ1) is 17.4. The van der Waals surface area contributed by atoms with Crippen LogP contribution in [0.1, 0.15) is 79.5 Å². The maximum Gasteiger partial charge on any atom is 0.147 e. The summed E-state index contributed by atoms with van der Waals surface area (Å²) >= 11 is 19.7. The maximum atomic E-state index is 6.75. The van der Waals surface area contributed by atoms with Gasteiger partial charge < -0.3 is 9.26 Å². The van der Waals surface area contributed by atoms with E-state index in [1.54, 1.807) is 12.1 Å². The molecule has 2 aromatic heterocycles. The zero-order chi connectivity index (χ0) is 25.0. The van der Waals surface area contributed by atoms with Gasteiger partial charge in [-0.2, -0.15) is 5.10 Å². The van der Waals surface area contributed by atoms with Gasteiger partial charge in [0, 0.05) is 40.4 Å². The number of hydrogen-bond acceptors (Lipinski definition) is 4. The van der Waals surface area contributed by atoms with Gasteiger partial charge >= 0.3 is 0 Å². The molecule has 0 N–H and O–H groups in total. The van der Waals surface area contributed by atoms with Gasteiger partial charge in [-0.25, -0.2) is 0 Å². The van der Waals surface area contributed by atoms with Crippen LogP contribution >= 0.6 is 34.8 Å². The first-order valence-electron chi connectivity index (χ1n) is 12.3. The first kappa shape index (κ1) is 23.9. The minimum atomic E-state index is 0.293. The molecule has 5 nitrogen and oxygen atoms in total. The van der Waals surface area contributed by atoms with Gasteiger partial charge in [-0.1, -0.05) is 52.1 Å². The molecule has 2 saturated carbocycles. The molecule has 2 aromatic carbocycles. The van der Waals surface area contributed by atoms with Crippen molar-refractivity contribution in [2.45, 2.75) is 63.5 Å². The molecule has 0 amide bonds. The van der Waals surface area contributed by atoms with Crippen molar-refractivity contribution >= 4 is 34.8 Å². The lowest BCUT2D eigenvalue weighted by Crippen LogP contribution is -2.06. The van der Waals surface area contributed by atoms with E-state index in [0.29, 0.717) is 57.5 Å². The molecule has 0 aliphatic heterocycles. The van der Waals surface area contributed by atoms with Gasteiger partial charge in [0.05, 0.1) is 15.6 Å². The third-order valence-electron chi connectivity index (χ3n) is 7.08. The zero-order valence-electron chi connectivity index (χ0n) is 20.0. The number of benzene rings is 2. The number of rotatable bonds is 8. The van der Waals surface area contributed by atoms with E-state index in [-0.39, 0.29) is 0 Å². The van der Waals surface area contributed by atoms with Crippen LogP contribution < -0.4 is 4.74 Å². The number of halogens is 3. The lowest BCUT2D eigenvalue weighted by atomic mass is 10.0. The Bertz CT molecular complexity index is 1400. The average molecular weight is 543 g/mol. The molecule has 0 radical (unpaired) electrons. The van der Waals surface area contributed by atoms with Crippen LogP contribution in [-0.4, -0.2) is 14.9 Å². The molecule has 2 heterocycles. The SMILES string of the molecule is CC(C)n1nccc1C1CC1c1ccc(OCc2c(-c3c(Cl)cccc3Cl)noc2C2CC2)cc1Cl. The summed E-state index contributed by atoms with van der Waals surface area (Å²) in [7, 11) is 0. The standard InChI is InChI=1S/C28H26Cl3N3O2/c1-15(2)34-25(10-11-32-34)20-13-19(20)18-9-8-17(12-24(18)31)35-14-21-27(33-36-28(21)16-6-7-16)26-22(29)4-3-5-23(26)30/h3-5,8-12,15-16,19-20H,6-7,13-14H2,1-2H3. The van der Waals surface area contributed by atoms with Gasteiger partial charge in [-0.3, -0.25) is 4.68 Å². The number of nitrogens with zero attached hydrogens (tertiary/aromatic N) is 3. The van der Waals surface area contributed by atoms with Crippen molar-refractivity contribution in [1.29, 1.82) is 0 Å². The fourth-order valence-electron chi connectivity index (χ4n) is 5.02. The molecule has 2 unspecified atom stereocenters. The van der Waals surface area contributed by atoms with Gasteiger partial charge in [0.2, 0.25) is 0 Å². The molecule has 0 saturated heterocycles. The molecular formula is C28H26Cl3N3O2. The van der Waals surface area contributed by atoms with Crippen LogP contribution in [0.2, 0.25) is 15.1 Å². The summed E-state index contributed by atoms with van der Waals surface area (Å²) < 4.78 is 14.1. The normalized spacial score (nSPS) is 19.2. The first-order valence-corrected chi connectivity index (χ1v) is 13.4. The van der Waals surface area contributed by atoms with Gasteiger partial charge in [-0.05, 0) is 74.9 Å². The Balaban J connectivity index is 1.22. The van der Waals surface area contributed by atoms with Crippen LogP contribution in [0.15, 0.2) is 53.2 Å². The molecule has 186 valence electrons. The number of aromatic nitrogens is 3. The molecule has 2 fully saturated rings. The minimum absolute atomic E-state index is 0.293. The minimum Gasteiger partial charge on any atom is -0.489 e. The molecule has 0 spiro atoms. The van der Waals surface area contributed by atoms with Crippen LogP contribution in [0.5, 0.6) is 5.75 Å². The average Bonchev–Trinajstić information content (AvgIpc) is 3.75. The molecule has 8 heteroatoms. The van der Waals surface area contributed by atoms with Gasteiger partial charge in [0.1, 0.15) is 23.8 Å². The largest absolute Gasteiger partial charge is 0.489 e. The van der Waals surface area contributed by atoms with E-state index in [4.69, 9.17) is 44.1 Å². The second kappa shape index (κ2) is 9.44. The molecule has 2 aliphatic rings. The summed E-state index contributed by atoms with van der Waals surface area (Å²) in [4.78, 5) is 0. The van der Waals surface area contributed by atoms with E-state index in [9.17, 15) is 0 Å². The molecular weight excluding hydrogens is 517 g/mol. The summed E-state index contributed by atoms with van der Waals surface area (Å²) in [6, 6.07) is 13.9. The molecule has 2 aliphatic carbocycles. The number of hydrogen-bond donors (Lipinski definition) is 0. The topological polar surface area (TPSA) is 53.1 Å². The van der Waals surface area contributed by atoms with E-state index in [2.05, 4.69) is 40.9 Å². The van der Waals surface area contributed by atoms with Gasteiger partial charge in [0.25, 0.3) is 0 Å². The highest BCUT2D eigenvalue weighted by Crippen LogP contribution is 2.56. The summed E-state index contributed by atoms with van der Waals surface area (Å²) in [6.07, 6.45) is 5.12. The summed E-state index contributed by atoms with van der Waals surface area (Å²) in [5.41, 5.74) is 4.62. The maximum absolute atomic E-state index is 6.75. The van der Waals surface area contributed by atoms with E-state index in [0.717, 1.165) is 41.2 Å². The third kappa shape index (κ3) is 4.42. The quantitative estimate of drug-likeness (QED) is 0.223. The highest BCUT2D eigenvalue weighted by molar-refractivity contribution is 6.39. The van der Waals surface area contributed by atoms with Gasteiger partial charge in [0.15, 0.2) is 0 Å². The lowest BCUT2D eigenvalue weighted by Gasteiger charge is -2.12. The fourth-order valence-corrected chi connectivity index (χ4v) is 5.90. The van der Waals surface area contributed by atoms with Crippen molar-refractivity contribution < 1.29 is 9.26 Å². The summed E-state index contributed by atoms with van der Waals surface area (Å²) in [6.45, 7) is 4.60. The van der Waals surface area contributed by atoms with Gasteiger partial charge in [-0.15, -0.1) is 0 Å². The molecule has 4 aromatic rings. The van der Waals surface area contributed by atoms with Crippen LogP contribution in [0.3, 0.4) is 0 Å². The summed E-state index contributed by atoms with van der Waals surface area (Å²) in [5, 5.41) is 10.6. The predicted molar refractivity (Wildman–Crippen MR) is 142 cm³/mol. The van der Waals surface area contributed by atoms with Crippen molar-refractivity contribution in [3.63, 3.8) is 0 Å². The molecule has 0 bridgehead atoms. The van der Waals surface area contributed by atoms with Crippen molar-refractivity contribution in [3.05, 3.63) is 86.3 Å². The number of ether oxygens (including phenoxy) is 1. The molecule has 36 heavy (non-hydrogen) atoms. The Morgan fingerprint density at radius 3 is 2.50 bits per heavy atom.